The van der Waals surface area contributed by atoms with Gasteiger partial charge in [-0.3, -0.25) is 9.89 Å². The van der Waals surface area contributed by atoms with Crippen molar-refractivity contribution in [3.63, 3.8) is 0 Å². The van der Waals surface area contributed by atoms with E-state index in [1.807, 2.05) is 0 Å². The van der Waals surface area contributed by atoms with Gasteiger partial charge in [0.2, 0.25) is 0 Å². The van der Waals surface area contributed by atoms with Crippen LogP contribution in [0.1, 0.15) is 36.2 Å². The summed E-state index contributed by atoms with van der Waals surface area (Å²) in [6.07, 6.45) is 5.15. The van der Waals surface area contributed by atoms with E-state index in [2.05, 4.69) is 15.5 Å². The molecule has 5 heteroatoms. The highest BCUT2D eigenvalue weighted by molar-refractivity contribution is 5.92. The quantitative estimate of drug-likeness (QED) is 0.676. The second-order valence-corrected chi connectivity index (χ2v) is 4.08. The van der Waals surface area contributed by atoms with E-state index >= 15 is 0 Å². The molecule has 15 heavy (non-hydrogen) atoms. The van der Waals surface area contributed by atoms with Gasteiger partial charge < -0.3 is 10.4 Å². The maximum absolute atomic E-state index is 11.5. The van der Waals surface area contributed by atoms with E-state index in [1.165, 1.54) is 6.20 Å². The van der Waals surface area contributed by atoms with Crippen LogP contribution >= 0.6 is 0 Å². The summed E-state index contributed by atoms with van der Waals surface area (Å²) in [5, 5.41) is 19.0. The minimum absolute atomic E-state index is 0.215. The lowest BCUT2D eigenvalue weighted by Crippen LogP contribution is -2.40. The van der Waals surface area contributed by atoms with Crippen molar-refractivity contribution in [1.82, 2.24) is 15.5 Å². The number of rotatable bonds is 3. The SMILES string of the molecule is O=C(NCC1(O)CCCC1)c1ccn[nH]1. The highest BCUT2D eigenvalue weighted by Gasteiger charge is 2.31. The minimum atomic E-state index is -0.699. The molecule has 0 aliphatic heterocycles. The first-order valence-corrected chi connectivity index (χ1v) is 5.20. The lowest BCUT2D eigenvalue weighted by molar-refractivity contribution is 0.0448. The number of carbonyl (C=O) groups excluding carboxylic acids is 1. The second kappa shape index (κ2) is 4.02. The molecule has 1 saturated carbocycles. The van der Waals surface area contributed by atoms with Gasteiger partial charge in [-0.1, -0.05) is 12.8 Å². The van der Waals surface area contributed by atoms with Gasteiger partial charge in [0.25, 0.3) is 5.91 Å². The van der Waals surface area contributed by atoms with Crippen molar-refractivity contribution in [3.05, 3.63) is 18.0 Å². The van der Waals surface area contributed by atoms with E-state index < -0.39 is 5.60 Å². The van der Waals surface area contributed by atoms with Crippen LogP contribution in [-0.2, 0) is 0 Å². The first kappa shape index (κ1) is 10.2. The number of carbonyl (C=O) groups is 1. The molecule has 0 unspecified atom stereocenters. The van der Waals surface area contributed by atoms with Crippen LogP contribution in [0.25, 0.3) is 0 Å². The Kier molecular flexibility index (Phi) is 2.73. The number of H-pyrrole nitrogens is 1. The zero-order valence-corrected chi connectivity index (χ0v) is 8.49. The summed E-state index contributed by atoms with van der Waals surface area (Å²) in [6, 6.07) is 1.61. The number of hydrogen-bond donors (Lipinski definition) is 3. The first-order valence-electron chi connectivity index (χ1n) is 5.20. The first-order chi connectivity index (χ1) is 7.20. The molecule has 0 spiro atoms. The molecule has 1 fully saturated rings. The van der Waals surface area contributed by atoms with Crippen LogP contribution in [0.2, 0.25) is 0 Å². The van der Waals surface area contributed by atoms with Crippen molar-refractivity contribution < 1.29 is 9.90 Å². The molecule has 0 atom stereocenters. The molecule has 1 aromatic heterocycles. The average Bonchev–Trinajstić information content (AvgIpc) is 2.85. The van der Waals surface area contributed by atoms with Crippen molar-refractivity contribution in [2.75, 3.05) is 6.54 Å². The maximum Gasteiger partial charge on any atom is 0.269 e. The van der Waals surface area contributed by atoms with Gasteiger partial charge in [-0.05, 0) is 18.9 Å². The van der Waals surface area contributed by atoms with Crippen LogP contribution in [0.5, 0.6) is 0 Å². The molecular weight excluding hydrogens is 194 g/mol. The molecule has 1 aliphatic carbocycles. The highest BCUT2D eigenvalue weighted by Crippen LogP contribution is 2.28. The maximum atomic E-state index is 11.5. The number of hydrogen-bond acceptors (Lipinski definition) is 3. The van der Waals surface area contributed by atoms with Gasteiger partial charge in [0.1, 0.15) is 5.69 Å². The standard InChI is InChI=1S/C10H15N3O2/c14-9(8-3-6-12-13-8)11-7-10(15)4-1-2-5-10/h3,6,15H,1-2,4-5,7H2,(H,11,14)(H,12,13). The van der Waals surface area contributed by atoms with Crippen molar-refractivity contribution in [2.45, 2.75) is 31.3 Å². The van der Waals surface area contributed by atoms with Gasteiger partial charge in [-0.2, -0.15) is 5.10 Å². The third-order valence-corrected chi connectivity index (χ3v) is 2.86. The normalized spacial score (nSPS) is 19.0. The average molecular weight is 209 g/mol. The predicted molar refractivity (Wildman–Crippen MR) is 54.3 cm³/mol. The van der Waals surface area contributed by atoms with E-state index in [9.17, 15) is 9.90 Å². The van der Waals surface area contributed by atoms with Crippen LogP contribution < -0.4 is 5.32 Å². The molecule has 0 bridgehead atoms. The van der Waals surface area contributed by atoms with Crippen molar-refractivity contribution in [2.24, 2.45) is 0 Å². The van der Waals surface area contributed by atoms with Crippen LogP contribution in [0, 0.1) is 0 Å². The van der Waals surface area contributed by atoms with Gasteiger partial charge in [0.05, 0.1) is 5.60 Å². The van der Waals surface area contributed by atoms with Gasteiger partial charge >= 0.3 is 0 Å². The summed E-state index contributed by atoms with van der Waals surface area (Å²) in [4.78, 5) is 11.5. The smallest absolute Gasteiger partial charge is 0.269 e. The van der Waals surface area contributed by atoms with Crippen LogP contribution in [0.3, 0.4) is 0 Å². The largest absolute Gasteiger partial charge is 0.388 e. The lowest BCUT2D eigenvalue weighted by Gasteiger charge is -2.21. The van der Waals surface area contributed by atoms with Gasteiger partial charge in [0.15, 0.2) is 0 Å². The van der Waals surface area contributed by atoms with E-state index in [0.29, 0.717) is 12.2 Å². The van der Waals surface area contributed by atoms with Crippen molar-refractivity contribution >= 4 is 5.91 Å². The second-order valence-electron chi connectivity index (χ2n) is 4.08. The number of nitrogens with zero attached hydrogens (tertiary/aromatic N) is 1. The fourth-order valence-electron chi connectivity index (χ4n) is 1.93. The van der Waals surface area contributed by atoms with E-state index in [0.717, 1.165) is 25.7 Å². The molecule has 0 radical (unpaired) electrons. The molecular formula is C10H15N3O2. The monoisotopic (exact) mass is 209 g/mol. The lowest BCUT2D eigenvalue weighted by atomic mass is 10.0. The highest BCUT2D eigenvalue weighted by atomic mass is 16.3. The molecule has 0 aromatic carbocycles. The van der Waals surface area contributed by atoms with Crippen LogP contribution in [0.4, 0.5) is 0 Å². The fourth-order valence-corrected chi connectivity index (χ4v) is 1.93. The Morgan fingerprint density at radius 3 is 2.93 bits per heavy atom. The summed E-state index contributed by atoms with van der Waals surface area (Å²) in [5.74, 6) is -0.215. The van der Waals surface area contributed by atoms with Crippen LogP contribution in [0.15, 0.2) is 12.3 Å². The third-order valence-electron chi connectivity index (χ3n) is 2.86. The summed E-state index contributed by atoms with van der Waals surface area (Å²) < 4.78 is 0. The molecule has 5 nitrogen and oxygen atoms in total. The molecule has 1 aliphatic rings. The Balaban J connectivity index is 1.85. The Morgan fingerprint density at radius 2 is 2.33 bits per heavy atom. The molecule has 1 amide bonds. The zero-order chi connectivity index (χ0) is 10.7. The molecule has 1 heterocycles. The summed E-state index contributed by atoms with van der Waals surface area (Å²) in [5.41, 5.74) is -0.271. The summed E-state index contributed by atoms with van der Waals surface area (Å²) >= 11 is 0. The molecule has 82 valence electrons. The Bertz CT molecular complexity index is 328. The summed E-state index contributed by atoms with van der Waals surface area (Å²) in [6.45, 7) is 0.324. The molecule has 2 rings (SSSR count). The Morgan fingerprint density at radius 1 is 1.60 bits per heavy atom. The summed E-state index contributed by atoms with van der Waals surface area (Å²) in [7, 11) is 0. The van der Waals surface area contributed by atoms with Gasteiger partial charge in [0, 0.05) is 12.7 Å². The van der Waals surface area contributed by atoms with E-state index in [4.69, 9.17) is 0 Å². The number of nitrogens with one attached hydrogen (secondary N) is 2. The van der Waals surface area contributed by atoms with E-state index in [-0.39, 0.29) is 5.91 Å². The Labute approximate surface area is 87.9 Å². The zero-order valence-electron chi connectivity index (χ0n) is 8.49. The van der Waals surface area contributed by atoms with Gasteiger partial charge in [-0.15, -0.1) is 0 Å². The van der Waals surface area contributed by atoms with Crippen molar-refractivity contribution in [1.29, 1.82) is 0 Å². The molecule has 3 N–H and O–H groups in total. The van der Waals surface area contributed by atoms with Gasteiger partial charge in [-0.25, -0.2) is 0 Å². The number of aromatic amines is 1. The number of amides is 1. The van der Waals surface area contributed by atoms with Crippen LogP contribution in [-0.4, -0.2) is 33.4 Å². The van der Waals surface area contributed by atoms with E-state index in [1.54, 1.807) is 6.07 Å². The number of aliphatic hydroxyl groups is 1. The third kappa shape index (κ3) is 2.36. The number of aromatic nitrogens is 2. The Hall–Kier alpha value is -1.36. The molecule has 1 aromatic rings. The fraction of sp³-hybridized carbons (Fsp3) is 0.600. The topological polar surface area (TPSA) is 78.0 Å². The molecule has 0 saturated heterocycles. The predicted octanol–water partition coefficient (Wildman–Crippen LogP) is 0.445. The van der Waals surface area contributed by atoms with Crippen molar-refractivity contribution in [3.8, 4) is 0 Å². The minimum Gasteiger partial charge on any atom is -0.388 e.